The van der Waals surface area contributed by atoms with E-state index >= 15 is 0 Å². The number of methoxy groups -OCH3 is 1. The molecule has 1 saturated heterocycles. The average Bonchev–Trinajstić information content (AvgIpc) is 2.73. The first-order chi connectivity index (χ1) is 13.1. The Morgan fingerprint density at radius 1 is 1.07 bits per heavy atom. The number of anilines is 1. The van der Waals surface area contributed by atoms with Crippen LogP contribution >= 0.6 is 0 Å². The lowest BCUT2D eigenvalue weighted by Crippen LogP contribution is -2.41. The summed E-state index contributed by atoms with van der Waals surface area (Å²) in [5, 5.41) is 3.06. The number of amides is 2. The van der Waals surface area contributed by atoms with E-state index in [1.54, 1.807) is 19.2 Å². The van der Waals surface area contributed by atoms with Crippen LogP contribution < -0.4 is 10.1 Å². The van der Waals surface area contributed by atoms with Crippen molar-refractivity contribution in [2.45, 2.75) is 26.2 Å². The number of likely N-dealkylation sites (tertiary alicyclic amines) is 1. The molecule has 2 amide bonds. The van der Waals surface area contributed by atoms with Gasteiger partial charge in [-0.15, -0.1) is 0 Å². The van der Waals surface area contributed by atoms with Gasteiger partial charge in [-0.3, -0.25) is 9.59 Å². The molecule has 0 saturated carbocycles. The molecule has 0 spiro atoms. The largest absolute Gasteiger partial charge is 0.496 e. The Morgan fingerprint density at radius 3 is 2.44 bits per heavy atom. The number of nitrogens with zero attached hydrogens (tertiary/aromatic N) is 1. The maximum absolute atomic E-state index is 12.8. The number of para-hydroxylation sites is 2. The van der Waals surface area contributed by atoms with E-state index < -0.39 is 0 Å². The first-order valence-electron chi connectivity index (χ1n) is 9.45. The zero-order chi connectivity index (χ0) is 19.2. The summed E-state index contributed by atoms with van der Waals surface area (Å²) in [6, 6.07) is 15.1. The average molecular weight is 366 g/mol. The monoisotopic (exact) mass is 366 g/mol. The van der Waals surface area contributed by atoms with Crippen LogP contribution in [-0.2, 0) is 11.2 Å². The van der Waals surface area contributed by atoms with Gasteiger partial charge in [0, 0.05) is 24.7 Å². The number of carbonyl (C=O) groups is 2. The first kappa shape index (κ1) is 19.0. The van der Waals surface area contributed by atoms with Crippen LogP contribution in [0.1, 0.15) is 35.7 Å². The van der Waals surface area contributed by atoms with Crippen molar-refractivity contribution in [3.05, 3.63) is 59.7 Å². The smallest absolute Gasteiger partial charge is 0.257 e. The van der Waals surface area contributed by atoms with Crippen LogP contribution in [0.25, 0.3) is 0 Å². The molecule has 0 bridgehead atoms. The second-order valence-electron chi connectivity index (χ2n) is 6.77. The van der Waals surface area contributed by atoms with E-state index in [1.165, 1.54) is 0 Å². The van der Waals surface area contributed by atoms with Gasteiger partial charge >= 0.3 is 0 Å². The lowest BCUT2D eigenvalue weighted by Gasteiger charge is -2.31. The molecule has 5 heteroatoms. The highest BCUT2D eigenvalue weighted by Gasteiger charge is 2.29. The fraction of sp³-hybridized carbons (Fsp3) is 0.364. The molecule has 0 atom stereocenters. The van der Waals surface area contributed by atoms with Gasteiger partial charge < -0.3 is 15.0 Å². The van der Waals surface area contributed by atoms with Crippen LogP contribution in [0.15, 0.2) is 48.5 Å². The van der Waals surface area contributed by atoms with Gasteiger partial charge in [0.2, 0.25) is 5.91 Å². The van der Waals surface area contributed by atoms with Gasteiger partial charge in [-0.25, -0.2) is 0 Å². The Kier molecular flexibility index (Phi) is 6.12. The molecule has 142 valence electrons. The molecule has 0 unspecified atom stereocenters. The molecule has 0 aliphatic carbocycles. The summed E-state index contributed by atoms with van der Waals surface area (Å²) in [5.41, 5.74) is 2.59. The Labute approximate surface area is 160 Å². The van der Waals surface area contributed by atoms with Gasteiger partial charge in [0.15, 0.2) is 0 Å². The zero-order valence-electron chi connectivity index (χ0n) is 15.9. The molecular formula is C22H26N2O3. The lowest BCUT2D eigenvalue weighted by atomic mass is 9.95. The third-order valence-corrected chi connectivity index (χ3v) is 5.15. The number of aryl methyl sites for hydroxylation is 1. The molecule has 27 heavy (non-hydrogen) atoms. The number of piperidine rings is 1. The van der Waals surface area contributed by atoms with Gasteiger partial charge in [0.25, 0.3) is 5.91 Å². The summed E-state index contributed by atoms with van der Waals surface area (Å²) in [5.74, 6) is 0.512. The topological polar surface area (TPSA) is 58.6 Å². The highest BCUT2D eigenvalue weighted by Crippen LogP contribution is 2.25. The lowest BCUT2D eigenvalue weighted by molar-refractivity contribution is -0.121. The minimum absolute atomic E-state index is 0.0392. The van der Waals surface area contributed by atoms with Crippen molar-refractivity contribution in [1.29, 1.82) is 0 Å². The number of hydrogen-bond donors (Lipinski definition) is 1. The molecule has 1 fully saturated rings. The molecule has 0 aromatic heterocycles. The van der Waals surface area contributed by atoms with E-state index in [1.807, 2.05) is 41.3 Å². The standard InChI is InChI=1S/C22H26N2O3/c1-3-16-8-4-6-10-19(16)23-21(25)17-12-14-24(15-13-17)22(26)18-9-5-7-11-20(18)27-2/h4-11,17H,3,12-15H2,1-2H3,(H,23,25). The number of benzene rings is 2. The van der Waals surface area contributed by atoms with Gasteiger partial charge in [0.05, 0.1) is 12.7 Å². The van der Waals surface area contributed by atoms with Crippen molar-refractivity contribution in [2.75, 3.05) is 25.5 Å². The molecule has 1 heterocycles. The van der Waals surface area contributed by atoms with E-state index in [4.69, 9.17) is 4.74 Å². The quantitative estimate of drug-likeness (QED) is 0.877. The molecule has 2 aromatic rings. The summed E-state index contributed by atoms with van der Waals surface area (Å²) in [6.45, 7) is 3.22. The number of ether oxygens (including phenoxy) is 1. The van der Waals surface area contributed by atoms with E-state index in [9.17, 15) is 9.59 Å². The number of rotatable bonds is 5. The van der Waals surface area contributed by atoms with Crippen LogP contribution in [0.2, 0.25) is 0 Å². The summed E-state index contributed by atoms with van der Waals surface area (Å²) in [7, 11) is 1.57. The predicted octanol–water partition coefficient (Wildman–Crippen LogP) is 3.75. The van der Waals surface area contributed by atoms with Crippen molar-refractivity contribution >= 4 is 17.5 Å². The molecule has 2 aromatic carbocycles. The number of nitrogens with one attached hydrogen (secondary N) is 1. The van der Waals surface area contributed by atoms with E-state index in [0.717, 1.165) is 17.7 Å². The molecule has 1 aliphatic heterocycles. The summed E-state index contributed by atoms with van der Waals surface area (Å²) in [4.78, 5) is 27.2. The molecule has 1 N–H and O–H groups in total. The summed E-state index contributed by atoms with van der Waals surface area (Å²) < 4.78 is 5.29. The van der Waals surface area contributed by atoms with Crippen LogP contribution in [-0.4, -0.2) is 36.9 Å². The fourth-order valence-electron chi connectivity index (χ4n) is 3.52. The molecular weight excluding hydrogens is 340 g/mol. The van der Waals surface area contributed by atoms with Crippen molar-refractivity contribution in [1.82, 2.24) is 4.90 Å². The minimum Gasteiger partial charge on any atom is -0.496 e. The van der Waals surface area contributed by atoms with Crippen molar-refractivity contribution < 1.29 is 14.3 Å². The van der Waals surface area contributed by atoms with E-state index in [2.05, 4.69) is 12.2 Å². The second-order valence-corrected chi connectivity index (χ2v) is 6.77. The van der Waals surface area contributed by atoms with Crippen LogP contribution in [0.5, 0.6) is 5.75 Å². The van der Waals surface area contributed by atoms with Gasteiger partial charge in [-0.2, -0.15) is 0 Å². The van der Waals surface area contributed by atoms with E-state index in [0.29, 0.717) is 37.2 Å². The number of hydrogen-bond acceptors (Lipinski definition) is 3. The van der Waals surface area contributed by atoms with Crippen molar-refractivity contribution in [2.24, 2.45) is 5.92 Å². The maximum Gasteiger partial charge on any atom is 0.257 e. The first-order valence-corrected chi connectivity index (χ1v) is 9.45. The van der Waals surface area contributed by atoms with Crippen molar-refractivity contribution in [3.8, 4) is 5.75 Å². The van der Waals surface area contributed by atoms with Crippen molar-refractivity contribution in [3.63, 3.8) is 0 Å². The summed E-state index contributed by atoms with van der Waals surface area (Å²) >= 11 is 0. The molecule has 0 radical (unpaired) electrons. The second kappa shape index (κ2) is 8.71. The van der Waals surface area contributed by atoms with Gasteiger partial charge in [-0.05, 0) is 43.0 Å². The minimum atomic E-state index is -0.0726. The Morgan fingerprint density at radius 2 is 1.74 bits per heavy atom. The normalized spacial score (nSPS) is 14.7. The predicted molar refractivity (Wildman–Crippen MR) is 106 cm³/mol. The zero-order valence-corrected chi connectivity index (χ0v) is 15.9. The molecule has 3 rings (SSSR count). The molecule has 5 nitrogen and oxygen atoms in total. The Hall–Kier alpha value is -2.82. The van der Waals surface area contributed by atoms with Crippen LogP contribution in [0.4, 0.5) is 5.69 Å². The van der Waals surface area contributed by atoms with Crippen LogP contribution in [0.3, 0.4) is 0 Å². The van der Waals surface area contributed by atoms with Gasteiger partial charge in [0.1, 0.15) is 5.75 Å². The Balaban J connectivity index is 1.60. The summed E-state index contributed by atoms with van der Waals surface area (Å²) in [6.07, 6.45) is 2.21. The number of carbonyl (C=O) groups excluding carboxylic acids is 2. The SMILES string of the molecule is CCc1ccccc1NC(=O)C1CCN(C(=O)c2ccccc2OC)CC1. The highest BCUT2D eigenvalue weighted by atomic mass is 16.5. The third-order valence-electron chi connectivity index (χ3n) is 5.15. The van der Waals surface area contributed by atoms with Crippen LogP contribution in [0, 0.1) is 5.92 Å². The Bertz CT molecular complexity index is 811. The molecule has 1 aliphatic rings. The fourth-order valence-corrected chi connectivity index (χ4v) is 3.52. The highest BCUT2D eigenvalue weighted by molar-refractivity contribution is 5.97. The maximum atomic E-state index is 12.8. The van der Waals surface area contributed by atoms with Gasteiger partial charge in [-0.1, -0.05) is 37.3 Å². The third kappa shape index (κ3) is 4.30. The van der Waals surface area contributed by atoms with E-state index in [-0.39, 0.29) is 17.7 Å².